The smallest absolute Gasteiger partial charge is 0.143 e. The zero-order valence-corrected chi connectivity index (χ0v) is 23.1. The predicted octanol–water partition coefficient (Wildman–Crippen LogP) is 11.0. The van der Waals surface area contributed by atoms with Crippen LogP contribution in [0.5, 0.6) is 0 Å². The van der Waals surface area contributed by atoms with E-state index in [1.165, 1.54) is 22.3 Å². The van der Waals surface area contributed by atoms with Gasteiger partial charge in [0.1, 0.15) is 11.2 Å². The third-order valence-electron chi connectivity index (χ3n) is 8.68. The summed E-state index contributed by atoms with van der Waals surface area (Å²) in [5.74, 6) is 0. The normalized spacial score (nSPS) is 13.3. The molecule has 6 aromatic carbocycles. The average Bonchev–Trinajstić information content (AvgIpc) is 3.51. The third kappa shape index (κ3) is 3.72. The molecular formula is C39H29NO. The molecule has 1 heterocycles. The van der Waals surface area contributed by atoms with Crippen LogP contribution in [0.1, 0.15) is 25.0 Å². The Morgan fingerprint density at radius 1 is 0.463 bits per heavy atom. The van der Waals surface area contributed by atoms with E-state index in [2.05, 4.69) is 147 Å². The minimum absolute atomic E-state index is 0.0148. The van der Waals surface area contributed by atoms with E-state index in [0.717, 1.165) is 55.6 Å². The van der Waals surface area contributed by atoms with Gasteiger partial charge in [-0.3, -0.25) is 0 Å². The SMILES string of the molecule is CC1(C)c2ccccc2-c2ccc(Nc3ccc(-c4cccc5c4oc4c(-c6ccccc6)cccc45)cc3)cc21. The molecule has 0 saturated heterocycles. The number of furan rings is 1. The van der Waals surface area contributed by atoms with Gasteiger partial charge in [-0.1, -0.05) is 123 Å². The summed E-state index contributed by atoms with van der Waals surface area (Å²) in [6, 6.07) is 47.5. The molecule has 8 rings (SSSR count). The van der Waals surface area contributed by atoms with Gasteiger partial charge in [-0.2, -0.15) is 0 Å². The fourth-order valence-electron chi connectivity index (χ4n) is 6.57. The molecule has 1 aliphatic carbocycles. The number of nitrogens with one attached hydrogen (secondary N) is 1. The molecule has 0 aliphatic heterocycles. The van der Waals surface area contributed by atoms with Crippen molar-refractivity contribution in [3.63, 3.8) is 0 Å². The van der Waals surface area contributed by atoms with E-state index in [9.17, 15) is 0 Å². The molecule has 0 atom stereocenters. The molecule has 0 bridgehead atoms. The first kappa shape index (κ1) is 23.8. The number of fused-ring (bicyclic) bond motifs is 6. The summed E-state index contributed by atoms with van der Waals surface area (Å²) >= 11 is 0. The lowest BCUT2D eigenvalue weighted by Gasteiger charge is -2.22. The fourth-order valence-corrected chi connectivity index (χ4v) is 6.57. The quantitative estimate of drug-likeness (QED) is 0.246. The number of hydrogen-bond donors (Lipinski definition) is 1. The van der Waals surface area contributed by atoms with Crippen LogP contribution in [0.2, 0.25) is 0 Å². The molecule has 0 unspecified atom stereocenters. The summed E-state index contributed by atoms with van der Waals surface area (Å²) in [5.41, 5.74) is 14.0. The monoisotopic (exact) mass is 527 g/mol. The Morgan fingerprint density at radius 2 is 1.02 bits per heavy atom. The van der Waals surface area contributed by atoms with Gasteiger partial charge in [0.25, 0.3) is 0 Å². The van der Waals surface area contributed by atoms with Crippen molar-refractivity contribution in [2.75, 3.05) is 5.32 Å². The minimum Gasteiger partial charge on any atom is -0.455 e. The molecular weight excluding hydrogens is 498 g/mol. The second kappa shape index (κ2) is 8.97. The van der Waals surface area contributed by atoms with Gasteiger partial charge >= 0.3 is 0 Å². The maximum absolute atomic E-state index is 6.62. The maximum atomic E-state index is 6.62. The third-order valence-corrected chi connectivity index (χ3v) is 8.68. The van der Waals surface area contributed by atoms with Gasteiger partial charge in [0.2, 0.25) is 0 Å². The largest absolute Gasteiger partial charge is 0.455 e. The van der Waals surface area contributed by atoms with Crippen LogP contribution in [0, 0.1) is 0 Å². The Labute approximate surface area is 239 Å². The number of para-hydroxylation sites is 2. The van der Waals surface area contributed by atoms with Crippen molar-refractivity contribution in [3.8, 4) is 33.4 Å². The van der Waals surface area contributed by atoms with Crippen LogP contribution in [0.3, 0.4) is 0 Å². The van der Waals surface area contributed by atoms with Crippen LogP contribution >= 0.6 is 0 Å². The molecule has 0 radical (unpaired) electrons. The first-order chi connectivity index (χ1) is 20.1. The van der Waals surface area contributed by atoms with Crippen LogP contribution in [0.25, 0.3) is 55.3 Å². The summed E-state index contributed by atoms with van der Waals surface area (Å²) in [4.78, 5) is 0. The Bertz CT molecular complexity index is 2080. The second-order valence-corrected chi connectivity index (χ2v) is 11.5. The van der Waals surface area contributed by atoms with E-state index >= 15 is 0 Å². The average molecular weight is 528 g/mol. The topological polar surface area (TPSA) is 25.2 Å². The van der Waals surface area contributed by atoms with Crippen molar-refractivity contribution >= 4 is 33.3 Å². The van der Waals surface area contributed by atoms with Crippen LogP contribution in [-0.2, 0) is 5.41 Å². The molecule has 0 amide bonds. The van der Waals surface area contributed by atoms with Gasteiger partial charge in [0, 0.05) is 38.7 Å². The maximum Gasteiger partial charge on any atom is 0.143 e. The Kier molecular flexibility index (Phi) is 5.20. The number of benzene rings is 6. The highest BCUT2D eigenvalue weighted by Crippen LogP contribution is 2.49. The molecule has 0 saturated carbocycles. The zero-order chi connectivity index (χ0) is 27.6. The van der Waals surface area contributed by atoms with E-state index in [-0.39, 0.29) is 5.41 Å². The fraction of sp³-hybridized carbons (Fsp3) is 0.0769. The Hall–Kier alpha value is -5.08. The van der Waals surface area contributed by atoms with Gasteiger partial charge in [-0.25, -0.2) is 0 Å². The van der Waals surface area contributed by atoms with Crippen molar-refractivity contribution in [2.45, 2.75) is 19.3 Å². The molecule has 2 nitrogen and oxygen atoms in total. The molecule has 196 valence electrons. The predicted molar refractivity (Wildman–Crippen MR) is 172 cm³/mol. The molecule has 41 heavy (non-hydrogen) atoms. The first-order valence-electron chi connectivity index (χ1n) is 14.2. The van der Waals surface area contributed by atoms with Crippen molar-refractivity contribution in [3.05, 3.63) is 145 Å². The molecule has 0 fully saturated rings. The van der Waals surface area contributed by atoms with E-state index < -0.39 is 0 Å². The van der Waals surface area contributed by atoms with Crippen LogP contribution in [0.4, 0.5) is 11.4 Å². The molecule has 1 N–H and O–H groups in total. The summed E-state index contributed by atoms with van der Waals surface area (Å²) < 4.78 is 6.62. The molecule has 0 spiro atoms. The lowest BCUT2D eigenvalue weighted by atomic mass is 9.82. The second-order valence-electron chi connectivity index (χ2n) is 11.5. The zero-order valence-electron chi connectivity index (χ0n) is 23.1. The number of hydrogen-bond acceptors (Lipinski definition) is 2. The highest BCUT2D eigenvalue weighted by molar-refractivity contribution is 6.13. The molecule has 1 aliphatic rings. The Morgan fingerprint density at radius 3 is 1.73 bits per heavy atom. The number of anilines is 2. The van der Waals surface area contributed by atoms with Gasteiger partial charge in [-0.15, -0.1) is 0 Å². The van der Waals surface area contributed by atoms with Crippen molar-refractivity contribution < 1.29 is 4.42 Å². The van der Waals surface area contributed by atoms with E-state index in [1.807, 2.05) is 6.07 Å². The van der Waals surface area contributed by atoms with Crippen molar-refractivity contribution in [2.24, 2.45) is 0 Å². The van der Waals surface area contributed by atoms with Gasteiger partial charge < -0.3 is 9.73 Å². The van der Waals surface area contributed by atoms with E-state index in [0.29, 0.717) is 0 Å². The van der Waals surface area contributed by atoms with E-state index in [1.54, 1.807) is 0 Å². The molecule has 1 aromatic heterocycles. The van der Waals surface area contributed by atoms with Crippen LogP contribution in [-0.4, -0.2) is 0 Å². The first-order valence-corrected chi connectivity index (χ1v) is 14.2. The summed E-state index contributed by atoms with van der Waals surface area (Å²) in [6.45, 7) is 4.63. The van der Waals surface area contributed by atoms with Crippen LogP contribution < -0.4 is 5.32 Å². The summed E-state index contributed by atoms with van der Waals surface area (Å²) in [7, 11) is 0. The molecule has 2 heteroatoms. The van der Waals surface area contributed by atoms with Crippen LogP contribution in [0.15, 0.2) is 138 Å². The molecule has 7 aromatic rings. The standard InChI is InChI=1S/C39H29NO/c1-39(2)35-17-7-6-12-31(35)32-23-22-28(24-36(32)39)40-27-20-18-26(19-21-27)30-14-9-16-34-33-15-8-13-29(37(33)41-38(30)34)25-10-4-3-5-11-25/h3-24,40H,1-2H3. The van der Waals surface area contributed by atoms with Gasteiger partial charge in [0.05, 0.1) is 0 Å². The van der Waals surface area contributed by atoms with Gasteiger partial charge in [0.15, 0.2) is 0 Å². The van der Waals surface area contributed by atoms with E-state index in [4.69, 9.17) is 4.42 Å². The van der Waals surface area contributed by atoms with Gasteiger partial charge in [-0.05, 0) is 57.6 Å². The minimum atomic E-state index is -0.0148. The highest BCUT2D eigenvalue weighted by atomic mass is 16.3. The lowest BCUT2D eigenvalue weighted by Crippen LogP contribution is -2.15. The summed E-state index contributed by atoms with van der Waals surface area (Å²) in [5, 5.41) is 5.92. The van der Waals surface area contributed by atoms with Crippen molar-refractivity contribution in [1.82, 2.24) is 0 Å². The highest BCUT2D eigenvalue weighted by Gasteiger charge is 2.35. The van der Waals surface area contributed by atoms with Crippen molar-refractivity contribution in [1.29, 1.82) is 0 Å². The lowest BCUT2D eigenvalue weighted by molar-refractivity contribution is 0.660. The number of rotatable bonds is 4. The Balaban J connectivity index is 1.13. The summed E-state index contributed by atoms with van der Waals surface area (Å²) in [6.07, 6.45) is 0.